The Labute approximate surface area is 117 Å². The van der Waals surface area contributed by atoms with Crippen molar-refractivity contribution in [1.29, 1.82) is 0 Å². The normalized spacial score (nSPS) is 11.4. The summed E-state index contributed by atoms with van der Waals surface area (Å²) >= 11 is 8.53. The van der Waals surface area contributed by atoms with Crippen LogP contribution in [0.5, 0.6) is 0 Å². The monoisotopic (exact) mass is 367 g/mol. The number of amides is 1. The van der Waals surface area contributed by atoms with Gasteiger partial charge in [0.2, 0.25) is 5.91 Å². The van der Waals surface area contributed by atoms with Crippen LogP contribution < -0.4 is 5.32 Å². The zero-order valence-electron chi connectivity index (χ0n) is 9.13. The molecule has 0 aliphatic rings. The van der Waals surface area contributed by atoms with Crippen LogP contribution in [-0.2, 0) is 11.2 Å². The number of carbonyl (C=O) groups is 1. The maximum atomic E-state index is 11.9. The van der Waals surface area contributed by atoms with Gasteiger partial charge in [0, 0.05) is 15.5 Å². The van der Waals surface area contributed by atoms with Gasteiger partial charge in [0.15, 0.2) is 0 Å². The van der Waals surface area contributed by atoms with E-state index >= 15 is 0 Å². The fourth-order valence-electron chi connectivity index (χ4n) is 1.29. The molecule has 0 bridgehead atoms. The van der Waals surface area contributed by atoms with Crippen molar-refractivity contribution in [3.8, 4) is 0 Å². The van der Waals surface area contributed by atoms with Gasteiger partial charge in [-0.3, -0.25) is 4.79 Å². The number of hydrogen-bond donors (Lipinski definition) is 1. The highest BCUT2D eigenvalue weighted by molar-refractivity contribution is 9.09. The molecule has 0 aromatic carbocycles. The van der Waals surface area contributed by atoms with E-state index in [2.05, 4.69) is 44.1 Å². The standard InChI is InChI=1S/C11H15Br2NOS/c1-2-11(7-12,8-13)14-10(15)6-9-4-3-5-16-9/h3-5H,2,6-8H2,1H3,(H,14,15). The topological polar surface area (TPSA) is 29.1 Å². The molecular formula is C11H15Br2NOS. The van der Waals surface area contributed by atoms with Crippen molar-refractivity contribution in [3.63, 3.8) is 0 Å². The molecule has 1 N–H and O–H groups in total. The minimum Gasteiger partial charge on any atom is -0.349 e. The average Bonchev–Trinajstić information content (AvgIpc) is 2.79. The Morgan fingerprint density at radius 2 is 2.19 bits per heavy atom. The van der Waals surface area contributed by atoms with Gasteiger partial charge in [-0.2, -0.15) is 0 Å². The SMILES string of the molecule is CCC(CBr)(CBr)NC(=O)Cc1cccs1. The van der Waals surface area contributed by atoms with E-state index in [-0.39, 0.29) is 11.4 Å². The molecule has 1 amide bonds. The van der Waals surface area contributed by atoms with Crippen molar-refractivity contribution in [1.82, 2.24) is 5.32 Å². The molecule has 16 heavy (non-hydrogen) atoms. The summed E-state index contributed by atoms with van der Waals surface area (Å²) in [7, 11) is 0. The number of hydrogen-bond acceptors (Lipinski definition) is 2. The minimum absolute atomic E-state index is 0.0863. The van der Waals surface area contributed by atoms with Crippen LogP contribution in [0.2, 0.25) is 0 Å². The summed E-state index contributed by atoms with van der Waals surface area (Å²) in [5, 5.41) is 6.61. The smallest absolute Gasteiger partial charge is 0.225 e. The summed E-state index contributed by atoms with van der Waals surface area (Å²) in [4.78, 5) is 13.0. The Hall–Kier alpha value is 0.130. The van der Waals surface area contributed by atoms with Crippen molar-refractivity contribution < 1.29 is 4.79 Å². The van der Waals surface area contributed by atoms with Gasteiger partial charge in [-0.1, -0.05) is 44.8 Å². The van der Waals surface area contributed by atoms with Crippen LogP contribution in [0.1, 0.15) is 18.2 Å². The van der Waals surface area contributed by atoms with Crippen LogP contribution in [0, 0.1) is 0 Å². The lowest BCUT2D eigenvalue weighted by Gasteiger charge is -2.29. The van der Waals surface area contributed by atoms with Gasteiger partial charge in [-0.15, -0.1) is 11.3 Å². The minimum atomic E-state index is -0.172. The van der Waals surface area contributed by atoms with Crippen LogP contribution in [0.4, 0.5) is 0 Å². The lowest BCUT2D eigenvalue weighted by molar-refractivity contribution is -0.121. The molecule has 0 saturated carbocycles. The van der Waals surface area contributed by atoms with Crippen LogP contribution in [0.25, 0.3) is 0 Å². The van der Waals surface area contributed by atoms with E-state index < -0.39 is 0 Å². The first-order chi connectivity index (χ1) is 7.65. The van der Waals surface area contributed by atoms with Crippen LogP contribution in [0.3, 0.4) is 0 Å². The third-order valence-electron chi connectivity index (χ3n) is 2.51. The van der Waals surface area contributed by atoms with Crippen molar-refractivity contribution >= 4 is 49.1 Å². The second kappa shape index (κ2) is 6.77. The summed E-state index contributed by atoms with van der Waals surface area (Å²) < 4.78 is 0. The van der Waals surface area contributed by atoms with Gasteiger partial charge in [-0.05, 0) is 17.9 Å². The molecule has 0 radical (unpaired) electrons. The maximum Gasteiger partial charge on any atom is 0.225 e. The molecule has 2 nitrogen and oxygen atoms in total. The lowest BCUT2D eigenvalue weighted by Crippen LogP contribution is -2.51. The summed E-state index contributed by atoms with van der Waals surface area (Å²) in [5.41, 5.74) is -0.172. The number of alkyl halides is 2. The summed E-state index contributed by atoms with van der Waals surface area (Å²) in [5.74, 6) is 0.0863. The van der Waals surface area contributed by atoms with Crippen LogP contribution >= 0.6 is 43.2 Å². The quantitative estimate of drug-likeness (QED) is 0.766. The molecule has 0 aliphatic carbocycles. The zero-order valence-corrected chi connectivity index (χ0v) is 13.1. The summed E-state index contributed by atoms with van der Waals surface area (Å²) in [6, 6.07) is 3.95. The van der Waals surface area contributed by atoms with E-state index in [1.807, 2.05) is 17.5 Å². The lowest BCUT2D eigenvalue weighted by atomic mass is 10.0. The zero-order chi connectivity index (χ0) is 12.0. The summed E-state index contributed by atoms with van der Waals surface area (Å²) in [6.45, 7) is 2.08. The molecule has 0 saturated heterocycles. The number of rotatable bonds is 6. The molecule has 1 heterocycles. The Morgan fingerprint density at radius 1 is 1.50 bits per heavy atom. The van der Waals surface area contributed by atoms with Gasteiger partial charge < -0.3 is 5.32 Å². The molecule has 90 valence electrons. The molecule has 0 fully saturated rings. The first kappa shape index (κ1) is 14.2. The number of halogens is 2. The van der Waals surface area contributed by atoms with Crippen LogP contribution in [-0.4, -0.2) is 22.1 Å². The highest BCUT2D eigenvalue weighted by atomic mass is 79.9. The largest absolute Gasteiger partial charge is 0.349 e. The Bertz CT molecular complexity index is 314. The van der Waals surface area contributed by atoms with Gasteiger partial charge in [0.05, 0.1) is 12.0 Å². The highest BCUT2D eigenvalue weighted by Crippen LogP contribution is 2.17. The van der Waals surface area contributed by atoms with Gasteiger partial charge in [0.1, 0.15) is 0 Å². The van der Waals surface area contributed by atoms with E-state index in [0.717, 1.165) is 22.0 Å². The fourth-order valence-corrected chi connectivity index (χ4v) is 4.00. The van der Waals surface area contributed by atoms with Gasteiger partial charge >= 0.3 is 0 Å². The molecule has 5 heteroatoms. The second-order valence-electron chi connectivity index (χ2n) is 3.71. The Balaban J connectivity index is 2.55. The van der Waals surface area contributed by atoms with E-state index in [1.165, 1.54) is 0 Å². The molecule has 1 rings (SSSR count). The van der Waals surface area contributed by atoms with E-state index in [0.29, 0.717) is 6.42 Å². The first-order valence-corrected chi connectivity index (χ1v) is 8.23. The molecule has 0 unspecified atom stereocenters. The van der Waals surface area contributed by atoms with Crippen molar-refractivity contribution in [2.75, 3.05) is 10.7 Å². The Morgan fingerprint density at radius 3 is 2.62 bits per heavy atom. The van der Waals surface area contributed by atoms with Crippen molar-refractivity contribution in [2.45, 2.75) is 25.3 Å². The number of carbonyl (C=O) groups excluding carboxylic acids is 1. The van der Waals surface area contributed by atoms with Crippen LogP contribution in [0.15, 0.2) is 17.5 Å². The predicted molar refractivity (Wildman–Crippen MR) is 76.8 cm³/mol. The number of thiophene rings is 1. The highest BCUT2D eigenvalue weighted by Gasteiger charge is 2.27. The maximum absolute atomic E-state index is 11.9. The van der Waals surface area contributed by atoms with Crippen molar-refractivity contribution in [2.24, 2.45) is 0 Å². The molecule has 0 aliphatic heterocycles. The van der Waals surface area contributed by atoms with E-state index in [4.69, 9.17) is 0 Å². The van der Waals surface area contributed by atoms with Gasteiger partial charge in [0.25, 0.3) is 0 Å². The molecule has 0 spiro atoms. The second-order valence-corrected chi connectivity index (χ2v) is 5.86. The van der Waals surface area contributed by atoms with Crippen molar-refractivity contribution in [3.05, 3.63) is 22.4 Å². The molecule has 1 aromatic rings. The predicted octanol–water partition coefficient (Wildman–Crippen LogP) is 3.35. The average molecular weight is 369 g/mol. The van der Waals surface area contributed by atoms with Gasteiger partial charge in [-0.25, -0.2) is 0 Å². The molecule has 0 atom stereocenters. The number of nitrogens with one attached hydrogen (secondary N) is 1. The first-order valence-electron chi connectivity index (χ1n) is 5.11. The third-order valence-corrected chi connectivity index (χ3v) is 5.53. The fraction of sp³-hybridized carbons (Fsp3) is 0.545. The molecule has 1 aromatic heterocycles. The third kappa shape index (κ3) is 3.86. The van der Waals surface area contributed by atoms with E-state index in [1.54, 1.807) is 11.3 Å². The van der Waals surface area contributed by atoms with E-state index in [9.17, 15) is 4.79 Å². The Kier molecular flexibility index (Phi) is 6.00. The molecular weight excluding hydrogens is 354 g/mol. The summed E-state index contributed by atoms with van der Waals surface area (Å²) in [6.07, 6.45) is 1.37.